The molecule has 2 fully saturated rings. The van der Waals surface area contributed by atoms with Crippen LogP contribution in [0.25, 0.3) is 0 Å². The Bertz CT molecular complexity index is 830. The monoisotopic (exact) mass is 417 g/mol. The lowest BCUT2D eigenvalue weighted by Gasteiger charge is -2.31. The second kappa shape index (κ2) is 7.99. The molecule has 8 heteroatoms. The number of benzene rings is 1. The van der Waals surface area contributed by atoms with Crippen LogP contribution in [0.4, 0.5) is 0 Å². The van der Waals surface area contributed by atoms with Crippen LogP contribution in [0.15, 0.2) is 24.3 Å². The van der Waals surface area contributed by atoms with Gasteiger partial charge in [0.25, 0.3) is 5.91 Å². The number of aliphatic hydroxyl groups excluding tert-OH is 1. The lowest BCUT2D eigenvalue weighted by Crippen LogP contribution is -2.56. The van der Waals surface area contributed by atoms with Gasteiger partial charge in [-0.25, -0.2) is 0 Å². The predicted octanol–water partition coefficient (Wildman–Crippen LogP) is 1.38. The quantitative estimate of drug-likeness (QED) is 0.756. The van der Waals surface area contributed by atoms with Gasteiger partial charge in [0.15, 0.2) is 0 Å². The summed E-state index contributed by atoms with van der Waals surface area (Å²) in [7, 11) is 0. The fourth-order valence-corrected chi connectivity index (χ4v) is 5.96. The third-order valence-electron chi connectivity index (χ3n) is 6.10. The lowest BCUT2D eigenvalue weighted by atomic mass is 10.0. The van der Waals surface area contributed by atoms with E-state index in [2.05, 4.69) is 5.32 Å². The highest BCUT2D eigenvalue weighted by Crippen LogP contribution is 2.48. The first-order valence-corrected chi connectivity index (χ1v) is 11.2. The molecule has 0 aromatic heterocycles. The number of fused-ring (bicyclic) bond motifs is 3. The first kappa shape index (κ1) is 20.2. The topological polar surface area (TPSA) is 90.0 Å². The zero-order valence-corrected chi connectivity index (χ0v) is 17.5. The maximum Gasteiger partial charge on any atom is 0.256 e. The number of nitrogens with one attached hydrogen (secondary N) is 1. The second-order valence-electron chi connectivity index (χ2n) is 8.24. The van der Waals surface area contributed by atoms with Crippen LogP contribution in [0.1, 0.15) is 48.0 Å². The Morgan fingerprint density at radius 1 is 1.31 bits per heavy atom. The predicted molar refractivity (Wildman–Crippen MR) is 110 cm³/mol. The SMILES string of the molecule is CC(C)C(NC(=O)C1CSC2c3ccccc3C(=O)N12)C(=O)N1CCCC1CO. The van der Waals surface area contributed by atoms with E-state index in [1.807, 2.05) is 32.0 Å². The number of aliphatic hydroxyl groups is 1. The fraction of sp³-hybridized carbons (Fsp3) is 0.571. The molecule has 3 amide bonds. The van der Waals surface area contributed by atoms with Crippen molar-refractivity contribution in [3.05, 3.63) is 35.4 Å². The van der Waals surface area contributed by atoms with Crippen molar-refractivity contribution in [2.45, 2.75) is 50.2 Å². The molecule has 3 heterocycles. The molecule has 1 aromatic carbocycles. The number of carbonyl (C=O) groups is 3. The van der Waals surface area contributed by atoms with Crippen molar-refractivity contribution in [1.82, 2.24) is 15.1 Å². The highest BCUT2D eigenvalue weighted by atomic mass is 32.2. The van der Waals surface area contributed by atoms with Crippen LogP contribution >= 0.6 is 11.8 Å². The van der Waals surface area contributed by atoms with Crippen molar-refractivity contribution in [3.63, 3.8) is 0 Å². The van der Waals surface area contributed by atoms with E-state index in [1.54, 1.807) is 27.6 Å². The van der Waals surface area contributed by atoms with Crippen LogP contribution in [-0.2, 0) is 9.59 Å². The molecule has 0 radical (unpaired) electrons. The van der Waals surface area contributed by atoms with Gasteiger partial charge in [-0.3, -0.25) is 14.4 Å². The number of thioether (sulfide) groups is 1. The van der Waals surface area contributed by atoms with E-state index in [0.29, 0.717) is 17.9 Å². The van der Waals surface area contributed by atoms with Crippen LogP contribution < -0.4 is 5.32 Å². The van der Waals surface area contributed by atoms with Gasteiger partial charge >= 0.3 is 0 Å². The Morgan fingerprint density at radius 2 is 2.07 bits per heavy atom. The number of hydrogen-bond acceptors (Lipinski definition) is 5. The number of nitrogens with zero attached hydrogens (tertiary/aromatic N) is 2. The van der Waals surface area contributed by atoms with E-state index < -0.39 is 12.1 Å². The molecule has 0 spiro atoms. The number of hydrogen-bond donors (Lipinski definition) is 2. The van der Waals surface area contributed by atoms with Gasteiger partial charge in [0, 0.05) is 17.9 Å². The Morgan fingerprint density at radius 3 is 2.79 bits per heavy atom. The van der Waals surface area contributed by atoms with Crippen LogP contribution in [0.3, 0.4) is 0 Å². The molecule has 4 rings (SSSR count). The number of likely N-dealkylation sites (tertiary alicyclic amines) is 1. The Labute approximate surface area is 174 Å². The summed E-state index contributed by atoms with van der Waals surface area (Å²) >= 11 is 1.58. The smallest absolute Gasteiger partial charge is 0.256 e. The molecular weight excluding hydrogens is 390 g/mol. The average molecular weight is 418 g/mol. The molecule has 29 heavy (non-hydrogen) atoms. The average Bonchev–Trinajstić information content (AvgIpc) is 3.42. The Balaban J connectivity index is 1.49. The van der Waals surface area contributed by atoms with Gasteiger partial charge in [0.1, 0.15) is 17.5 Å². The molecule has 156 valence electrons. The molecule has 3 aliphatic rings. The summed E-state index contributed by atoms with van der Waals surface area (Å²) in [4.78, 5) is 42.4. The summed E-state index contributed by atoms with van der Waals surface area (Å²) in [5.41, 5.74) is 1.61. The maximum atomic E-state index is 13.1. The molecule has 0 saturated carbocycles. The summed E-state index contributed by atoms with van der Waals surface area (Å²) in [6, 6.07) is 6.04. The molecule has 4 unspecified atom stereocenters. The lowest BCUT2D eigenvalue weighted by molar-refractivity contribution is -0.139. The summed E-state index contributed by atoms with van der Waals surface area (Å²) < 4.78 is 0. The zero-order valence-electron chi connectivity index (χ0n) is 16.7. The standard InChI is InChI=1S/C21H27N3O4S/c1-12(2)17(20(28)23-9-5-6-13(23)10-25)22-18(26)16-11-29-21-15-8-4-3-7-14(15)19(27)24(16)21/h3-4,7-8,12-13,16-17,21,25H,5-6,9-11H2,1-2H3,(H,22,26). The molecule has 7 nitrogen and oxygen atoms in total. The minimum Gasteiger partial charge on any atom is -0.394 e. The van der Waals surface area contributed by atoms with Gasteiger partial charge in [-0.2, -0.15) is 0 Å². The summed E-state index contributed by atoms with van der Waals surface area (Å²) in [6.07, 6.45) is 1.64. The van der Waals surface area contributed by atoms with Crippen molar-refractivity contribution < 1.29 is 19.5 Å². The van der Waals surface area contributed by atoms with Crippen molar-refractivity contribution in [2.75, 3.05) is 18.9 Å². The van der Waals surface area contributed by atoms with Crippen molar-refractivity contribution >= 4 is 29.5 Å². The first-order chi connectivity index (χ1) is 13.9. The maximum absolute atomic E-state index is 13.1. The Hall–Kier alpha value is -2.06. The van der Waals surface area contributed by atoms with Gasteiger partial charge < -0.3 is 20.2 Å². The van der Waals surface area contributed by atoms with Crippen LogP contribution in [0, 0.1) is 5.92 Å². The molecule has 1 aromatic rings. The fourth-order valence-electron chi connectivity index (χ4n) is 4.50. The molecule has 3 aliphatic heterocycles. The number of amides is 3. The Kier molecular flexibility index (Phi) is 5.57. The first-order valence-electron chi connectivity index (χ1n) is 10.2. The van der Waals surface area contributed by atoms with E-state index in [1.165, 1.54) is 0 Å². The van der Waals surface area contributed by atoms with Gasteiger partial charge in [-0.1, -0.05) is 32.0 Å². The number of rotatable bonds is 5. The molecule has 2 N–H and O–H groups in total. The molecule has 4 atom stereocenters. The molecular formula is C21H27N3O4S. The minimum atomic E-state index is -0.668. The van der Waals surface area contributed by atoms with Gasteiger partial charge in [-0.05, 0) is 30.4 Å². The normalized spacial score (nSPS) is 26.6. The van der Waals surface area contributed by atoms with Gasteiger partial charge in [0.05, 0.1) is 12.6 Å². The zero-order chi connectivity index (χ0) is 20.7. The summed E-state index contributed by atoms with van der Waals surface area (Å²) in [5, 5.41) is 12.3. The summed E-state index contributed by atoms with van der Waals surface area (Å²) in [5.74, 6) is -0.139. The van der Waals surface area contributed by atoms with E-state index in [-0.39, 0.29) is 41.7 Å². The van der Waals surface area contributed by atoms with Crippen LogP contribution in [0.2, 0.25) is 0 Å². The van der Waals surface area contributed by atoms with E-state index in [4.69, 9.17) is 0 Å². The van der Waals surface area contributed by atoms with Crippen molar-refractivity contribution in [2.24, 2.45) is 5.92 Å². The van der Waals surface area contributed by atoms with Crippen LogP contribution in [0.5, 0.6) is 0 Å². The van der Waals surface area contributed by atoms with E-state index in [0.717, 1.165) is 18.4 Å². The molecule has 0 aliphatic carbocycles. The molecule has 2 saturated heterocycles. The van der Waals surface area contributed by atoms with Crippen molar-refractivity contribution in [3.8, 4) is 0 Å². The highest BCUT2D eigenvalue weighted by molar-refractivity contribution is 7.99. The van der Waals surface area contributed by atoms with Crippen molar-refractivity contribution in [1.29, 1.82) is 0 Å². The minimum absolute atomic E-state index is 0.0635. The third-order valence-corrected chi connectivity index (χ3v) is 7.40. The van der Waals surface area contributed by atoms with Gasteiger partial charge in [-0.15, -0.1) is 11.8 Å². The van der Waals surface area contributed by atoms with Crippen LogP contribution in [-0.4, -0.2) is 69.7 Å². The second-order valence-corrected chi connectivity index (χ2v) is 9.35. The van der Waals surface area contributed by atoms with E-state index >= 15 is 0 Å². The summed E-state index contributed by atoms with van der Waals surface area (Å²) in [6.45, 7) is 4.34. The highest BCUT2D eigenvalue weighted by Gasteiger charge is 2.49. The largest absolute Gasteiger partial charge is 0.394 e. The molecule has 0 bridgehead atoms. The van der Waals surface area contributed by atoms with E-state index in [9.17, 15) is 19.5 Å². The van der Waals surface area contributed by atoms with Gasteiger partial charge in [0.2, 0.25) is 11.8 Å². The number of carbonyl (C=O) groups excluding carboxylic acids is 3. The third kappa shape index (κ3) is 3.42.